The van der Waals surface area contributed by atoms with Crippen LogP contribution in [0.25, 0.3) is 11.3 Å². The third-order valence-electron chi connectivity index (χ3n) is 5.21. The van der Waals surface area contributed by atoms with Gasteiger partial charge in [-0.3, -0.25) is 9.89 Å². The molecule has 0 fully saturated rings. The quantitative estimate of drug-likeness (QED) is 0.666. The number of amides is 1. The fourth-order valence-corrected chi connectivity index (χ4v) is 3.92. The summed E-state index contributed by atoms with van der Waals surface area (Å²) in [5, 5.41) is 17.6. The van der Waals surface area contributed by atoms with Gasteiger partial charge in [-0.05, 0) is 36.2 Å². The minimum Gasteiger partial charge on any atom is -0.507 e. The first-order valence-electron chi connectivity index (χ1n) is 9.50. The van der Waals surface area contributed by atoms with Crippen molar-refractivity contribution in [2.45, 2.75) is 19.4 Å². The molecule has 2 aromatic carbocycles. The smallest absolute Gasteiger partial charge is 0.273 e. The molecule has 0 saturated carbocycles. The fourth-order valence-electron chi connectivity index (χ4n) is 3.92. The molecule has 4 rings (SSSR count). The van der Waals surface area contributed by atoms with E-state index in [2.05, 4.69) is 10.2 Å². The van der Waals surface area contributed by atoms with Crippen molar-refractivity contribution < 1.29 is 19.4 Å². The van der Waals surface area contributed by atoms with Gasteiger partial charge in [0.05, 0.1) is 20.3 Å². The lowest BCUT2D eigenvalue weighted by molar-refractivity contribution is 0.0743. The number of methoxy groups -OCH3 is 2. The maximum atomic E-state index is 13.1. The van der Waals surface area contributed by atoms with Gasteiger partial charge in [0.2, 0.25) is 0 Å². The van der Waals surface area contributed by atoms with Crippen LogP contribution in [-0.2, 0) is 0 Å². The van der Waals surface area contributed by atoms with E-state index in [1.165, 1.54) is 0 Å². The van der Waals surface area contributed by atoms with Gasteiger partial charge in [-0.15, -0.1) is 0 Å². The van der Waals surface area contributed by atoms with E-state index in [1.807, 2.05) is 36.1 Å². The van der Waals surface area contributed by atoms with Crippen LogP contribution in [0.15, 0.2) is 42.5 Å². The number of H-pyrrole nitrogens is 1. The number of nitrogens with one attached hydrogen (secondary N) is 1. The van der Waals surface area contributed by atoms with E-state index >= 15 is 0 Å². The number of carbonyl (C=O) groups excluding carboxylic acids is 1. The van der Waals surface area contributed by atoms with E-state index in [0.29, 0.717) is 35.0 Å². The lowest BCUT2D eigenvalue weighted by atomic mass is 9.95. The van der Waals surface area contributed by atoms with E-state index in [9.17, 15) is 9.90 Å². The zero-order chi connectivity index (χ0) is 20.5. The molecule has 3 aromatic rings. The highest BCUT2D eigenvalue weighted by Gasteiger charge is 2.42. The van der Waals surface area contributed by atoms with Crippen LogP contribution in [0.4, 0.5) is 0 Å². The van der Waals surface area contributed by atoms with Crippen molar-refractivity contribution in [3.05, 3.63) is 59.3 Å². The molecule has 0 unspecified atom stereocenters. The molecule has 7 nitrogen and oxygen atoms in total. The zero-order valence-electron chi connectivity index (χ0n) is 16.6. The molecule has 1 amide bonds. The number of hydrogen-bond donors (Lipinski definition) is 2. The molecule has 0 aliphatic carbocycles. The number of aromatic nitrogens is 2. The number of phenolic OH excluding ortho intramolecular Hbond substituents is 1. The summed E-state index contributed by atoms with van der Waals surface area (Å²) < 4.78 is 10.8. The van der Waals surface area contributed by atoms with E-state index in [4.69, 9.17) is 9.47 Å². The lowest BCUT2D eigenvalue weighted by Gasteiger charge is -2.26. The van der Waals surface area contributed by atoms with Gasteiger partial charge in [-0.2, -0.15) is 5.10 Å². The molecule has 0 radical (unpaired) electrons. The van der Waals surface area contributed by atoms with Crippen molar-refractivity contribution in [2.75, 3.05) is 20.8 Å². The minimum absolute atomic E-state index is 0.101. The molecule has 1 aliphatic heterocycles. The Labute approximate surface area is 168 Å². The highest BCUT2D eigenvalue weighted by atomic mass is 16.5. The number of benzene rings is 2. The average molecular weight is 393 g/mol. The number of nitrogens with zero attached hydrogens (tertiary/aromatic N) is 2. The van der Waals surface area contributed by atoms with E-state index in [0.717, 1.165) is 17.5 Å². The third kappa shape index (κ3) is 2.99. The monoisotopic (exact) mass is 393 g/mol. The van der Waals surface area contributed by atoms with Crippen molar-refractivity contribution in [1.82, 2.24) is 15.1 Å². The lowest BCUT2D eigenvalue weighted by Crippen LogP contribution is -2.30. The Morgan fingerprint density at radius 1 is 1.14 bits per heavy atom. The van der Waals surface area contributed by atoms with Crippen LogP contribution in [-0.4, -0.2) is 46.9 Å². The van der Waals surface area contributed by atoms with Crippen LogP contribution in [0.5, 0.6) is 17.2 Å². The van der Waals surface area contributed by atoms with Crippen molar-refractivity contribution >= 4 is 5.91 Å². The summed E-state index contributed by atoms with van der Waals surface area (Å²) in [7, 11) is 3.17. The number of ether oxygens (including phenoxy) is 2. The molecule has 1 aliphatic rings. The van der Waals surface area contributed by atoms with Crippen LogP contribution in [0.2, 0.25) is 0 Å². The highest BCUT2D eigenvalue weighted by molar-refractivity contribution is 6.00. The number of para-hydroxylation sites is 1. The minimum atomic E-state index is -0.342. The number of rotatable bonds is 6. The van der Waals surface area contributed by atoms with E-state index < -0.39 is 0 Å². The summed E-state index contributed by atoms with van der Waals surface area (Å²) >= 11 is 0. The Balaban J connectivity index is 1.91. The van der Waals surface area contributed by atoms with Gasteiger partial charge >= 0.3 is 0 Å². The van der Waals surface area contributed by atoms with E-state index in [-0.39, 0.29) is 17.7 Å². The Bertz CT molecular complexity index is 1060. The molecule has 150 valence electrons. The van der Waals surface area contributed by atoms with Crippen LogP contribution in [0.3, 0.4) is 0 Å². The van der Waals surface area contributed by atoms with Gasteiger partial charge < -0.3 is 19.5 Å². The Morgan fingerprint density at radius 2 is 1.90 bits per heavy atom. The summed E-state index contributed by atoms with van der Waals surface area (Å²) in [6.45, 7) is 2.63. The number of aromatic amines is 1. The Hall–Kier alpha value is -3.48. The molecular weight excluding hydrogens is 370 g/mol. The summed E-state index contributed by atoms with van der Waals surface area (Å²) in [6, 6.07) is 12.3. The molecule has 2 N–H and O–H groups in total. The number of carbonyl (C=O) groups is 1. The second-order valence-corrected chi connectivity index (χ2v) is 6.89. The summed E-state index contributed by atoms with van der Waals surface area (Å²) in [5.41, 5.74) is 3.27. The first-order valence-corrected chi connectivity index (χ1v) is 9.50. The van der Waals surface area contributed by atoms with Crippen LogP contribution in [0.1, 0.15) is 41.0 Å². The maximum absolute atomic E-state index is 13.1. The van der Waals surface area contributed by atoms with Gasteiger partial charge in [-0.1, -0.05) is 25.1 Å². The normalized spacial score (nSPS) is 15.5. The van der Waals surface area contributed by atoms with Gasteiger partial charge in [0, 0.05) is 17.7 Å². The van der Waals surface area contributed by atoms with E-state index in [1.54, 1.807) is 32.4 Å². The molecule has 7 heteroatoms. The molecule has 29 heavy (non-hydrogen) atoms. The maximum Gasteiger partial charge on any atom is 0.273 e. The zero-order valence-corrected chi connectivity index (χ0v) is 16.6. The molecule has 0 saturated heterocycles. The average Bonchev–Trinajstić information content (AvgIpc) is 3.28. The van der Waals surface area contributed by atoms with Crippen molar-refractivity contribution in [3.63, 3.8) is 0 Å². The summed E-state index contributed by atoms with van der Waals surface area (Å²) in [5.74, 6) is 1.23. The van der Waals surface area contributed by atoms with Crippen LogP contribution >= 0.6 is 0 Å². The molecule has 2 heterocycles. The molecule has 1 atom stereocenters. The standard InChI is InChI=1S/C22H23N3O4/c1-4-11-25-21(13-9-10-16(28-2)17(12-13)29-3)18-19(23-24-20(18)22(25)27)14-7-5-6-8-15(14)26/h5-10,12,21,26H,4,11H2,1-3H3,(H,23,24)/t21-/m0/s1. The van der Waals surface area contributed by atoms with Gasteiger partial charge in [-0.25, -0.2) is 0 Å². The number of fused-ring (bicyclic) bond motifs is 1. The van der Waals surface area contributed by atoms with Gasteiger partial charge in [0.1, 0.15) is 17.1 Å². The largest absolute Gasteiger partial charge is 0.507 e. The summed E-state index contributed by atoms with van der Waals surface area (Å²) in [4.78, 5) is 14.9. The summed E-state index contributed by atoms with van der Waals surface area (Å²) in [6.07, 6.45) is 0.819. The molecule has 1 aromatic heterocycles. The first kappa shape index (κ1) is 18.9. The van der Waals surface area contributed by atoms with Crippen molar-refractivity contribution in [2.24, 2.45) is 0 Å². The van der Waals surface area contributed by atoms with Gasteiger partial charge in [0.25, 0.3) is 5.91 Å². The highest BCUT2D eigenvalue weighted by Crippen LogP contribution is 2.45. The van der Waals surface area contributed by atoms with Crippen molar-refractivity contribution in [1.29, 1.82) is 0 Å². The van der Waals surface area contributed by atoms with Crippen molar-refractivity contribution in [3.8, 4) is 28.5 Å². The Kier molecular flexibility index (Phi) is 4.88. The predicted octanol–water partition coefficient (Wildman–Crippen LogP) is 3.75. The fraction of sp³-hybridized carbons (Fsp3) is 0.273. The number of aromatic hydroxyl groups is 1. The number of phenols is 1. The second kappa shape index (κ2) is 7.50. The molecule has 0 bridgehead atoms. The predicted molar refractivity (Wildman–Crippen MR) is 108 cm³/mol. The first-order chi connectivity index (χ1) is 14.1. The van der Waals surface area contributed by atoms with Crippen LogP contribution in [0, 0.1) is 0 Å². The second-order valence-electron chi connectivity index (χ2n) is 6.89. The Morgan fingerprint density at radius 3 is 2.59 bits per heavy atom. The third-order valence-corrected chi connectivity index (χ3v) is 5.21. The van der Waals surface area contributed by atoms with Gasteiger partial charge in [0.15, 0.2) is 11.5 Å². The number of hydrogen-bond acceptors (Lipinski definition) is 5. The molecular formula is C22H23N3O4. The molecule has 0 spiro atoms. The van der Waals surface area contributed by atoms with Crippen LogP contribution < -0.4 is 9.47 Å². The SMILES string of the molecule is CCCN1C(=O)c2[nH]nc(-c3ccccc3O)c2[C@@H]1c1ccc(OC)c(OC)c1. The topological polar surface area (TPSA) is 87.7 Å².